The van der Waals surface area contributed by atoms with Gasteiger partial charge in [-0.3, -0.25) is 9.89 Å². The van der Waals surface area contributed by atoms with Crippen molar-refractivity contribution in [1.82, 2.24) is 15.5 Å². The maximum atomic E-state index is 5.90. The summed E-state index contributed by atoms with van der Waals surface area (Å²) in [4.78, 5) is 6.79. The summed E-state index contributed by atoms with van der Waals surface area (Å²) in [6, 6.07) is 7.88. The van der Waals surface area contributed by atoms with Gasteiger partial charge < -0.3 is 15.4 Å². The van der Waals surface area contributed by atoms with Crippen LogP contribution in [0.2, 0.25) is 5.02 Å². The molecule has 5 nitrogen and oxygen atoms in total. The molecule has 144 valence electrons. The first kappa shape index (κ1) is 20.6. The Hall–Kier alpha value is -1.72. The number of nitrogens with zero attached hydrogens (tertiary/aromatic N) is 2. The Balaban J connectivity index is 1.70. The molecule has 2 rings (SSSR count). The standard InChI is InChI=1S/C20H31ClN4O/c1-15(2)14-25-11-9-18(10-12-25)24-20(22-4)23-13-16(3)26-19-7-5-17(21)6-8-19/h5-8,16,18H,1,9-14H2,2-4H3,(H2,22,23,24). The molecule has 0 aromatic heterocycles. The molecule has 1 aromatic carbocycles. The predicted octanol–water partition coefficient (Wildman–Crippen LogP) is 3.31. The number of guanidine groups is 1. The molecule has 26 heavy (non-hydrogen) atoms. The highest BCUT2D eigenvalue weighted by atomic mass is 35.5. The van der Waals surface area contributed by atoms with Crippen LogP contribution in [0.4, 0.5) is 0 Å². The second-order valence-corrected chi connectivity index (χ2v) is 7.42. The Morgan fingerprint density at radius 2 is 2.00 bits per heavy atom. The van der Waals surface area contributed by atoms with E-state index in [2.05, 4.69) is 34.0 Å². The van der Waals surface area contributed by atoms with Crippen LogP contribution < -0.4 is 15.4 Å². The van der Waals surface area contributed by atoms with Gasteiger partial charge in [-0.05, 0) is 51.0 Å². The number of halogens is 1. The molecule has 1 aromatic rings. The number of piperidine rings is 1. The molecule has 1 aliphatic rings. The highest BCUT2D eigenvalue weighted by Crippen LogP contribution is 2.16. The summed E-state index contributed by atoms with van der Waals surface area (Å²) in [5.74, 6) is 1.64. The minimum atomic E-state index is 0.0205. The molecule has 0 aliphatic carbocycles. The smallest absolute Gasteiger partial charge is 0.191 e. The number of hydrogen-bond acceptors (Lipinski definition) is 3. The minimum Gasteiger partial charge on any atom is -0.489 e. The van der Waals surface area contributed by atoms with E-state index in [1.54, 1.807) is 7.05 Å². The van der Waals surface area contributed by atoms with Crippen molar-refractivity contribution in [3.63, 3.8) is 0 Å². The molecule has 6 heteroatoms. The molecule has 1 unspecified atom stereocenters. The van der Waals surface area contributed by atoms with Gasteiger partial charge in [-0.2, -0.15) is 0 Å². The van der Waals surface area contributed by atoms with Gasteiger partial charge in [-0.25, -0.2) is 0 Å². The molecule has 0 saturated carbocycles. The van der Waals surface area contributed by atoms with Crippen molar-refractivity contribution in [3.8, 4) is 5.75 Å². The summed E-state index contributed by atoms with van der Waals surface area (Å²) >= 11 is 5.90. The number of benzene rings is 1. The van der Waals surface area contributed by atoms with Crippen LogP contribution in [0.5, 0.6) is 5.75 Å². The van der Waals surface area contributed by atoms with Crippen molar-refractivity contribution in [2.75, 3.05) is 33.2 Å². The van der Waals surface area contributed by atoms with Gasteiger partial charge in [-0.1, -0.05) is 23.8 Å². The average Bonchev–Trinajstić information content (AvgIpc) is 2.61. The lowest BCUT2D eigenvalue weighted by Gasteiger charge is -2.33. The predicted molar refractivity (Wildman–Crippen MR) is 110 cm³/mol. The maximum Gasteiger partial charge on any atom is 0.191 e. The topological polar surface area (TPSA) is 48.9 Å². The summed E-state index contributed by atoms with van der Waals surface area (Å²) in [7, 11) is 1.80. The third-order valence-corrected chi connectivity index (χ3v) is 4.61. The van der Waals surface area contributed by atoms with E-state index in [4.69, 9.17) is 16.3 Å². The SMILES string of the molecule is C=C(C)CN1CCC(NC(=NC)NCC(C)Oc2ccc(Cl)cc2)CC1. The van der Waals surface area contributed by atoms with Gasteiger partial charge in [-0.15, -0.1) is 0 Å². The fourth-order valence-electron chi connectivity index (χ4n) is 3.03. The second kappa shape index (κ2) is 10.4. The van der Waals surface area contributed by atoms with E-state index in [-0.39, 0.29) is 6.10 Å². The van der Waals surface area contributed by atoms with Gasteiger partial charge in [0.25, 0.3) is 0 Å². The molecule has 0 spiro atoms. The van der Waals surface area contributed by atoms with Crippen molar-refractivity contribution >= 4 is 17.6 Å². The highest BCUT2D eigenvalue weighted by Gasteiger charge is 2.20. The zero-order valence-corrected chi connectivity index (χ0v) is 16.9. The molecule has 2 N–H and O–H groups in total. The Bertz CT molecular complexity index is 594. The van der Waals surface area contributed by atoms with Gasteiger partial charge in [0.05, 0.1) is 6.54 Å². The minimum absolute atomic E-state index is 0.0205. The summed E-state index contributed by atoms with van der Waals surface area (Å²) in [5, 5.41) is 7.58. The number of rotatable bonds is 7. The van der Waals surface area contributed by atoms with Crippen LogP contribution in [-0.2, 0) is 0 Å². The van der Waals surface area contributed by atoms with Crippen LogP contribution in [0.15, 0.2) is 41.4 Å². The summed E-state index contributed by atoms with van der Waals surface area (Å²) in [5.41, 5.74) is 1.23. The number of nitrogens with one attached hydrogen (secondary N) is 2. The van der Waals surface area contributed by atoms with Crippen LogP contribution >= 0.6 is 11.6 Å². The maximum absolute atomic E-state index is 5.90. The molecule has 0 radical (unpaired) electrons. The van der Waals surface area contributed by atoms with E-state index >= 15 is 0 Å². The molecular formula is C20H31ClN4O. The molecule has 0 amide bonds. The second-order valence-electron chi connectivity index (χ2n) is 6.99. The fourth-order valence-corrected chi connectivity index (χ4v) is 3.16. The summed E-state index contributed by atoms with van der Waals surface area (Å²) in [6.07, 6.45) is 2.25. The van der Waals surface area contributed by atoms with Gasteiger partial charge in [0, 0.05) is 37.7 Å². The van der Waals surface area contributed by atoms with Crippen LogP contribution in [0, 0.1) is 0 Å². The number of aliphatic imine (C=N–C) groups is 1. The third kappa shape index (κ3) is 7.26. The fraction of sp³-hybridized carbons (Fsp3) is 0.550. The lowest BCUT2D eigenvalue weighted by Crippen LogP contribution is -2.50. The highest BCUT2D eigenvalue weighted by molar-refractivity contribution is 6.30. The van der Waals surface area contributed by atoms with E-state index in [9.17, 15) is 0 Å². The molecule has 1 aliphatic heterocycles. The van der Waals surface area contributed by atoms with Gasteiger partial charge in [0.1, 0.15) is 11.9 Å². The molecule has 1 saturated heterocycles. The van der Waals surface area contributed by atoms with Crippen molar-refractivity contribution in [2.24, 2.45) is 4.99 Å². The van der Waals surface area contributed by atoms with E-state index in [0.29, 0.717) is 17.6 Å². The monoisotopic (exact) mass is 378 g/mol. The van der Waals surface area contributed by atoms with Crippen molar-refractivity contribution in [1.29, 1.82) is 0 Å². The van der Waals surface area contributed by atoms with Crippen molar-refractivity contribution in [2.45, 2.75) is 38.8 Å². The largest absolute Gasteiger partial charge is 0.489 e. The number of hydrogen-bond donors (Lipinski definition) is 2. The van der Waals surface area contributed by atoms with Gasteiger partial charge in [0.15, 0.2) is 5.96 Å². The van der Waals surface area contributed by atoms with Gasteiger partial charge >= 0.3 is 0 Å². The Morgan fingerprint density at radius 3 is 2.58 bits per heavy atom. The number of ether oxygens (including phenoxy) is 1. The van der Waals surface area contributed by atoms with Gasteiger partial charge in [0.2, 0.25) is 0 Å². The lowest BCUT2D eigenvalue weighted by molar-refractivity contribution is 0.217. The van der Waals surface area contributed by atoms with Crippen LogP contribution in [0.25, 0.3) is 0 Å². The summed E-state index contributed by atoms with van der Waals surface area (Å²) < 4.78 is 5.89. The third-order valence-electron chi connectivity index (χ3n) is 4.35. The van der Waals surface area contributed by atoms with E-state index < -0.39 is 0 Å². The molecule has 1 fully saturated rings. The molecular weight excluding hydrogens is 348 g/mol. The average molecular weight is 379 g/mol. The van der Waals surface area contributed by atoms with Crippen molar-refractivity contribution < 1.29 is 4.74 Å². The first-order chi connectivity index (χ1) is 12.5. The first-order valence-corrected chi connectivity index (χ1v) is 9.60. The quantitative estimate of drug-likeness (QED) is 0.434. The molecule has 0 bridgehead atoms. The normalized spacial score (nSPS) is 17.6. The Morgan fingerprint density at radius 1 is 1.35 bits per heavy atom. The van der Waals surface area contributed by atoms with E-state index in [1.807, 2.05) is 31.2 Å². The molecule has 1 heterocycles. The van der Waals surface area contributed by atoms with E-state index in [1.165, 1.54) is 5.57 Å². The molecule has 1 atom stereocenters. The van der Waals surface area contributed by atoms with Crippen LogP contribution in [0.1, 0.15) is 26.7 Å². The Labute approximate surface area is 162 Å². The van der Waals surface area contributed by atoms with E-state index in [0.717, 1.165) is 44.2 Å². The summed E-state index contributed by atoms with van der Waals surface area (Å²) in [6.45, 7) is 12.0. The Kier molecular flexibility index (Phi) is 8.26. The zero-order valence-electron chi connectivity index (χ0n) is 16.1. The van der Waals surface area contributed by atoms with Crippen LogP contribution in [0.3, 0.4) is 0 Å². The zero-order chi connectivity index (χ0) is 18.9. The number of likely N-dealkylation sites (tertiary alicyclic amines) is 1. The lowest BCUT2D eigenvalue weighted by atomic mass is 10.0. The first-order valence-electron chi connectivity index (χ1n) is 9.22. The van der Waals surface area contributed by atoms with Crippen molar-refractivity contribution in [3.05, 3.63) is 41.4 Å². The van der Waals surface area contributed by atoms with Crippen LogP contribution in [-0.4, -0.2) is 56.2 Å².